The fourth-order valence-electron chi connectivity index (χ4n) is 3.10. The molecule has 0 fully saturated rings. The van der Waals surface area contributed by atoms with Gasteiger partial charge in [-0.3, -0.25) is 4.79 Å². The lowest BCUT2D eigenvalue weighted by atomic mass is 10.1. The van der Waals surface area contributed by atoms with E-state index in [-0.39, 0.29) is 12.5 Å². The summed E-state index contributed by atoms with van der Waals surface area (Å²) in [4.78, 5) is 12.1. The van der Waals surface area contributed by atoms with Crippen molar-refractivity contribution in [1.82, 2.24) is 15.2 Å². The van der Waals surface area contributed by atoms with Crippen molar-refractivity contribution in [3.63, 3.8) is 0 Å². The summed E-state index contributed by atoms with van der Waals surface area (Å²) in [6.07, 6.45) is 3.49. The lowest BCUT2D eigenvalue weighted by molar-refractivity contribution is -0.123. The van der Waals surface area contributed by atoms with Crippen molar-refractivity contribution in [2.75, 3.05) is 6.61 Å². The predicted octanol–water partition coefficient (Wildman–Crippen LogP) is 5.14. The Labute approximate surface area is 194 Å². The van der Waals surface area contributed by atoms with Crippen LogP contribution in [0.15, 0.2) is 94.6 Å². The predicted molar refractivity (Wildman–Crippen MR) is 129 cm³/mol. The first-order valence-electron chi connectivity index (χ1n) is 10.0. The summed E-state index contributed by atoms with van der Waals surface area (Å²) in [5.74, 6) is 0.259. The first-order valence-corrected chi connectivity index (χ1v) is 10.8. The Hall–Kier alpha value is -3.71. The number of hydrazone groups is 1. The molecule has 0 aliphatic carbocycles. The van der Waals surface area contributed by atoms with E-state index in [9.17, 15) is 4.79 Å². The number of halogens is 1. The lowest BCUT2D eigenvalue weighted by Crippen LogP contribution is -2.24. The van der Waals surface area contributed by atoms with Crippen LogP contribution in [0.4, 0.5) is 0 Å². The van der Waals surface area contributed by atoms with Gasteiger partial charge in [-0.25, -0.2) is 10.1 Å². The average Bonchev–Trinajstić information content (AvgIpc) is 3.23. The van der Waals surface area contributed by atoms with Gasteiger partial charge in [0.2, 0.25) is 0 Å². The van der Waals surface area contributed by atoms with E-state index in [0.717, 1.165) is 32.5 Å². The van der Waals surface area contributed by atoms with Crippen molar-refractivity contribution in [3.8, 4) is 22.7 Å². The quantitative estimate of drug-likeness (QED) is 0.289. The number of carbonyl (C=O) groups is 1. The van der Waals surface area contributed by atoms with Gasteiger partial charge in [0.15, 0.2) is 6.61 Å². The normalized spacial score (nSPS) is 10.9. The van der Waals surface area contributed by atoms with Crippen molar-refractivity contribution < 1.29 is 9.53 Å². The second-order valence-electron chi connectivity index (χ2n) is 7.12. The second-order valence-corrected chi connectivity index (χ2v) is 8.03. The van der Waals surface area contributed by atoms with E-state index in [1.807, 2.05) is 73.8 Å². The van der Waals surface area contributed by atoms with Crippen LogP contribution in [-0.2, 0) is 4.79 Å². The van der Waals surface area contributed by atoms with Crippen LogP contribution in [0.3, 0.4) is 0 Å². The van der Waals surface area contributed by atoms with Crippen LogP contribution in [0, 0.1) is 6.92 Å². The smallest absolute Gasteiger partial charge is 0.277 e. The molecule has 0 unspecified atom stereocenters. The zero-order valence-electron chi connectivity index (χ0n) is 17.4. The number of hydrogen-bond donors (Lipinski definition) is 1. The molecule has 1 N–H and O–H groups in total. The number of hydrogen-bond acceptors (Lipinski definition) is 4. The Morgan fingerprint density at radius 2 is 1.88 bits per heavy atom. The largest absolute Gasteiger partial charge is 0.484 e. The Kier molecular flexibility index (Phi) is 6.77. The molecule has 3 aromatic carbocycles. The second kappa shape index (κ2) is 10.1. The topological polar surface area (TPSA) is 68.5 Å². The van der Waals surface area contributed by atoms with Gasteiger partial charge >= 0.3 is 0 Å². The Morgan fingerprint density at radius 1 is 1.09 bits per heavy atom. The van der Waals surface area contributed by atoms with Gasteiger partial charge in [-0.1, -0.05) is 57.9 Å². The molecule has 7 heteroatoms. The van der Waals surface area contributed by atoms with Gasteiger partial charge in [0.05, 0.1) is 11.9 Å². The number of ether oxygens (including phenoxy) is 1. The molecule has 0 atom stereocenters. The minimum atomic E-state index is -0.350. The van der Waals surface area contributed by atoms with E-state index < -0.39 is 0 Å². The van der Waals surface area contributed by atoms with Crippen LogP contribution >= 0.6 is 15.9 Å². The standard InChI is InChI=1S/C25H21BrN4O2/c1-18-6-5-7-19(14-18)25-20(16-30(29-25)22-8-3-2-4-9-22)15-27-28-24(31)17-32-23-12-10-21(26)11-13-23/h2-16H,17H2,1H3,(H,28,31)/b27-15+. The van der Waals surface area contributed by atoms with Crippen LogP contribution in [0.25, 0.3) is 16.9 Å². The summed E-state index contributed by atoms with van der Waals surface area (Å²) in [6, 6.07) is 25.2. The van der Waals surface area contributed by atoms with E-state index >= 15 is 0 Å². The van der Waals surface area contributed by atoms with E-state index in [0.29, 0.717) is 5.75 Å². The van der Waals surface area contributed by atoms with Gasteiger partial charge in [-0.2, -0.15) is 10.2 Å². The molecule has 1 aromatic heterocycles. The van der Waals surface area contributed by atoms with E-state index in [1.165, 1.54) is 0 Å². The number of nitrogens with zero attached hydrogens (tertiary/aromatic N) is 3. The molecule has 160 valence electrons. The molecule has 0 bridgehead atoms. The third kappa shape index (κ3) is 5.50. The number of amides is 1. The fraction of sp³-hybridized carbons (Fsp3) is 0.0800. The third-order valence-electron chi connectivity index (χ3n) is 4.63. The molecule has 0 aliphatic rings. The molecule has 0 saturated heterocycles. The van der Waals surface area contributed by atoms with Crippen LogP contribution < -0.4 is 10.2 Å². The number of nitrogens with one attached hydrogen (secondary N) is 1. The molecule has 0 aliphatic heterocycles. The van der Waals surface area contributed by atoms with Crippen molar-refractivity contribution >= 4 is 28.1 Å². The van der Waals surface area contributed by atoms with Gasteiger partial charge in [-0.15, -0.1) is 0 Å². The molecular formula is C25H21BrN4O2. The van der Waals surface area contributed by atoms with Crippen LogP contribution in [-0.4, -0.2) is 28.5 Å². The van der Waals surface area contributed by atoms with Crippen molar-refractivity contribution in [2.24, 2.45) is 5.10 Å². The first-order chi connectivity index (χ1) is 15.6. The van der Waals surface area contributed by atoms with Crippen LogP contribution in [0.1, 0.15) is 11.1 Å². The number of carbonyl (C=O) groups excluding carboxylic acids is 1. The number of benzene rings is 3. The Morgan fingerprint density at radius 3 is 2.62 bits per heavy atom. The molecule has 6 nitrogen and oxygen atoms in total. The maximum atomic E-state index is 12.1. The molecule has 4 rings (SSSR count). The fourth-order valence-corrected chi connectivity index (χ4v) is 3.36. The number of aromatic nitrogens is 2. The van der Waals surface area contributed by atoms with E-state index in [1.54, 1.807) is 23.0 Å². The molecule has 0 saturated carbocycles. The maximum absolute atomic E-state index is 12.1. The molecule has 1 amide bonds. The summed E-state index contributed by atoms with van der Waals surface area (Å²) >= 11 is 3.36. The highest BCUT2D eigenvalue weighted by Gasteiger charge is 2.11. The highest BCUT2D eigenvalue weighted by atomic mass is 79.9. The molecule has 32 heavy (non-hydrogen) atoms. The zero-order valence-corrected chi connectivity index (χ0v) is 19.0. The van der Waals surface area contributed by atoms with Crippen LogP contribution in [0.2, 0.25) is 0 Å². The highest BCUT2D eigenvalue weighted by molar-refractivity contribution is 9.10. The number of rotatable bonds is 7. The van der Waals surface area contributed by atoms with Gasteiger partial charge in [0, 0.05) is 21.8 Å². The minimum Gasteiger partial charge on any atom is -0.484 e. The lowest BCUT2D eigenvalue weighted by Gasteiger charge is -2.04. The first kappa shape index (κ1) is 21.5. The molecule has 4 aromatic rings. The number of aryl methyl sites for hydroxylation is 1. The minimum absolute atomic E-state index is 0.132. The summed E-state index contributed by atoms with van der Waals surface area (Å²) in [5.41, 5.74) is 7.13. The van der Waals surface area contributed by atoms with Gasteiger partial charge in [0.1, 0.15) is 11.4 Å². The monoisotopic (exact) mass is 488 g/mol. The van der Waals surface area contributed by atoms with Crippen molar-refractivity contribution in [3.05, 3.63) is 101 Å². The van der Waals surface area contributed by atoms with Gasteiger partial charge < -0.3 is 4.74 Å². The molecule has 1 heterocycles. The summed E-state index contributed by atoms with van der Waals surface area (Å²) in [5, 5.41) is 8.87. The SMILES string of the molecule is Cc1cccc(-c2nn(-c3ccccc3)cc2/C=N/NC(=O)COc2ccc(Br)cc2)c1. The molecule has 0 spiro atoms. The average molecular weight is 489 g/mol. The van der Waals surface area contributed by atoms with Crippen LogP contribution in [0.5, 0.6) is 5.75 Å². The van der Waals surface area contributed by atoms with Gasteiger partial charge in [0.25, 0.3) is 5.91 Å². The third-order valence-corrected chi connectivity index (χ3v) is 5.16. The van der Waals surface area contributed by atoms with E-state index in [4.69, 9.17) is 9.84 Å². The zero-order chi connectivity index (χ0) is 22.3. The molecular weight excluding hydrogens is 468 g/mol. The summed E-state index contributed by atoms with van der Waals surface area (Å²) in [7, 11) is 0. The van der Waals surface area contributed by atoms with Crippen molar-refractivity contribution in [2.45, 2.75) is 6.92 Å². The number of para-hydroxylation sites is 1. The summed E-state index contributed by atoms with van der Waals surface area (Å²) in [6.45, 7) is 1.91. The summed E-state index contributed by atoms with van der Waals surface area (Å²) < 4.78 is 8.22. The van der Waals surface area contributed by atoms with Gasteiger partial charge in [-0.05, 0) is 49.4 Å². The Bertz CT molecular complexity index is 1230. The van der Waals surface area contributed by atoms with Crippen molar-refractivity contribution in [1.29, 1.82) is 0 Å². The molecule has 0 radical (unpaired) electrons. The highest BCUT2D eigenvalue weighted by Crippen LogP contribution is 2.23. The Balaban J connectivity index is 1.50. The maximum Gasteiger partial charge on any atom is 0.277 e. The van der Waals surface area contributed by atoms with E-state index in [2.05, 4.69) is 32.5 Å².